The van der Waals surface area contributed by atoms with Gasteiger partial charge in [0.2, 0.25) is 5.91 Å². The normalized spacial score (nSPS) is 11.6. The van der Waals surface area contributed by atoms with E-state index < -0.39 is 11.9 Å². The van der Waals surface area contributed by atoms with E-state index in [4.69, 9.17) is 33.1 Å². The first-order chi connectivity index (χ1) is 7.56. The molecule has 1 unspecified atom stereocenters. The summed E-state index contributed by atoms with van der Waals surface area (Å²) in [5.41, 5.74) is 10.6. The number of nitrogens with zero attached hydrogens (tertiary/aromatic N) is 1. The molecule has 1 amide bonds. The quantitative estimate of drug-likeness (QED) is 0.794. The molecule has 5 nitrogen and oxygen atoms in total. The first-order valence-corrected chi connectivity index (χ1v) is 4.80. The summed E-state index contributed by atoms with van der Waals surface area (Å²) >= 11 is 5.78. The molecule has 16 heavy (non-hydrogen) atoms. The average molecular weight is 240 g/mol. The van der Waals surface area contributed by atoms with Crippen molar-refractivity contribution in [3.63, 3.8) is 0 Å². The number of primary amides is 1. The van der Waals surface area contributed by atoms with Gasteiger partial charge in [-0.15, -0.1) is 0 Å². The predicted molar refractivity (Wildman–Crippen MR) is 58.8 cm³/mol. The lowest BCUT2D eigenvalue weighted by Crippen LogP contribution is -2.41. The van der Waals surface area contributed by atoms with Crippen LogP contribution in [0.1, 0.15) is 5.56 Å². The van der Waals surface area contributed by atoms with Crippen molar-refractivity contribution in [2.45, 2.75) is 6.04 Å². The Labute approximate surface area is 97.5 Å². The molecule has 0 saturated heterocycles. The summed E-state index contributed by atoms with van der Waals surface area (Å²) in [6.45, 7) is -0.0929. The van der Waals surface area contributed by atoms with Crippen LogP contribution in [0, 0.1) is 11.3 Å². The molecule has 0 radical (unpaired) electrons. The number of rotatable bonds is 4. The van der Waals surface area contributed by atoms with E-state index in [1.54, 1.807) is 18.2 Å². The van der Waals surface area contributed by atoms with Crippen molar-refractivity contribution in [2.75, 3.05) is 6.61 Å². The summed E-state index contributed by atoms with van der Waals surface area (Å²) in [6, 6.07) is 5.76. The van der Waals surface area contributed by atoms with Gasteiger partial charge in [0.05, 0.1) is 5.02 Å². The van der Waals surface area contributed by atoms with Crippen LogP contribution in [-0.2, 0) is 4.79 Å². The van der Waals surface area contributed by atoms with Crippen LogP contribution >= 0.6 is 11.6 Å². The van der Waals surface area contributed by atoms with E-state index >= 15 is 0 Å². The topological polar surface area (TPSA) is 102 Å². The van der Waals surface area contributed by atoms with Gasteiger partial charge >= 0.3 is 0 Å². The van der Waals surface area contributed by atoms with Gasteiger partial charge in [-0.3, -0.25) is 4.79 Å². The summed E-state index contributed by atoms with van der Waals surface area (Å²) in [5, 5.41) is 9.12. The molecule has 0 heterocycles. The van der Waals surface area contributed by atoms with Gasteiger partial charge in [-0.2, -0.15) is 5.26 Å². The molecule has 0 aromatic heterocycles. The number of nitriles is 1. The first-order valence-electron chi connectivity index (χ1n) is 4.42. The van der Waals surface area contributed by atoms with Crippen LogP contribution in [0.15, 0.2) is 18.2 Å². The molecule has 0 spiro atoms. The molecule has 0 aliphatic heterocycles. The number of hydrogen-bond donors (Lipinski definition) is 2. The van der Waals surface area contributed by atoms with E-state index in [-0.39, 0.29) is 22.9 Å². The molecule has 1 atom stereocenters. The van der Waals surface area contributed by atoms with E-state index in [1.807, 2.05) is 6.07 Å². The number of ether oxygens (including phenoxy) is 1. The van der Waals surface area contributed by atoms with Gasteiger partial charge in [0.15, 0.2) is 0 Å². The zero-order chi connectivity index (χ0) is 12.1. The van der Waals surface area contributed by atoms with Crippen LogP contribution in [0.4, 0.5) is 0 Å². The molecule has 1 aromatic rings. The van der Waals surface area contributed by atoms with Crippen molar-refractivity contribution in [2.24, 2.45) is 11.5 Å². The van der Waals surface area contributed by atoms with E-state index in [0.29, 0.717) is 0 Å². The number of benzene rings is 1. The Bertz CT molecular complexity index is 442. The minimum Gasteiger partial charge on any atom is -0.490 e. The van der Waals surface area contributed by atoms with Gasteiger partial charge in [-0.05, 0) is 12.1 Å². The second-order valence-electron chi connectivity index (χ2n) is 3.04. The van der Waals surface area contributed by atoms with E-state index in [1.165, 1.54) is 0 Å². The molecule has 0 saturated carbocycles. The standard InChI is InChI=1S/C10H10ClN3O2/c11-7-2-1-3-9(6(7)4-12)16-5-8(13)10(14)15/h1-3,8H,5,13H2,(H2,14,15). The van der Waals surface area contributed by atoms with Gasteiger partial charge in [-0.1, -0.05) is 17.7 Å². The smallest absolute Gasteiger partial charge is 0.237 e. The van der Waals surface area contributed by atoms with Gasteiger partial charge in [0, 0.05) is 0 Å². The Morgan fingerprint density at radius 3 is 2.88 bits per heavy atom. The molecule has 0 bridgehead atoms. The Hall–Kier alpha value is -1.77. The molecule has 84 valence electrons. The van der Waals surface area contributed by atoms with Crippen molar-refractivity contribution < 1.29 is 9.53 Å². The van der Waals surface area contributed by atoms with Crippen molar-refractivity contribution in [3.05, 3.63) is 28.8 Å². The second-order valence-corrected chi connectivity index (χ2v) is 3.45. The zero-order valence-electron chi connectivity index (χ0n) is 8.31. The SMILES string of the molecule is N#Cc1c(Cl)cccc1OCC(N)C(N)=O. The fourth-order valence-electron chi connectivity index (χ4n) is 0.995. The largest absolute Gasteiger partial charge is 0.490 e. The molecule has 0 aliphatic carbocycles. The minimum atomic E-state index is -0.912. The Balaban J connectivity index is 2.79. The maximum atomic E-state index is 10.7. The van der Waals surface area contributed by atoms with Gasteiger partial charge in [-0.25, -0.2) is 0 Å². The number of nitrogens with two attached hydrogens (primary N) is 2. The fraction of sp³-hybridized carbons (Fsp3) is 0.200. The predicted octanol–water partition coefficient (Wildman–Crippen LogP) is 0.403. The monoisotopic (exact) mass is 239 g/mol. The number of carbonyl (C=O) groups excluding carboxylic acids is 1. The molecule has 0 fully saturated rings. The summed E-state index contributed by atoms with van der Waals surface area (Å²) in [7, 11) is 0. The first kappa shape index (κ1) is 12.3. The maximum absolute atomic E-state index is 10.7. The molecular weight excluding hydrogens is 230 g/mol. The Morgan fingerprint density at radius 1 is 1.62 bits per heavy atom. The van der Waals surface area contributed by atoms with E-state index in [9.17, 15) is 4.79 Å². The molecule has 0 aliphatic rings. The zero-order valence-corrected chi connectivity index (χ0v) is 9.07. The van der Waals surface area contributed by atoms with E-state index in [0.717, 1.165) is 0 Å². The number of hydrogen-bond acceptors (Lipinski definition) is 4. The summed E-state index contributed by atoms with van der Waals surface area (Å²) in [5.74, 6) is -0.382. The fourth-order valence-corrected chi connectivity index (χ4v) is 1.20. The third kappa shape index (κ3) is 2.86. The highest BCUT2D eigenvalue weighted by Gasteiger charge is 2.12. The maximum Gasteiger partial charge on any atom is 0.237 e. The van der Waals surface area contributed by atoms with Crippen LogP contribution in [0.5, 0.6) is 5.75 Å². The van der Waals surface area contributed by atoms with Gasteiger partial charge in [0.1, 0.15) is 30.0 Å². The van der Waals surface area contributed by atoms with Gasteiger partial charge in [0.25, 0.3) is 0 Å². The highest BCUT2D eigenvalue weighted by Crippen LogP contribution is 2.25. The van der Waals surface area contributed by atoms with Crippen molar-refractivity contribution in [3.8, 4) is 11.8 Å². The summed E-state index contributed by atoms with van der Waals surface area (Å²) in [4.78, 5) is 10.7. The van der Waals surface area contributed by atoms with Crippen molar-refractivity contribution in [1.29, 1.82) is 5.26 Å². The molecule has 4 N–H and O–H groups in total. The average Bonchev–Trinajstić information content (AvgIpc) is 2.25. The highest BCUT2D eigenvalue weighted by atomic mass is 35.5. The number of amides is 1. The van der Waals surface area contributed by atoms with Crippen LogP contribution in [0.25, 0.3) is 0 Å². The third-order valence-electron chi connectivity index (χ3n) is 1.87. The Morgan fingerprint density at radius 2 is 2.31 bits per heavy atom. The lowest BCUT2D eigenvalue weighted by atomic mass is 10.2. The van der Waals surface area contributed by atoms with E-state index in [2.05, 4.69) is 0 Å². The molecule has 1 rings (SSSR count). The Kier molecular flexibility index (Phi) is 4.11. The van der Waals surface area contributed by atoms with Crippen molar-refractivity contribution >= 4 is 17.5 Å². The third-order valence-corrected chi connectivity index (χ3v) is 2.19. The van der Waals surface area contributed by atoms with Gasteiger partial charge < -0.3 is 16.2 Å². The minimum absolute atomic E-state index is 0.0929. The molecular formula is C10H10ClN3O2. The van der Waals surface area contributed by atoms with Crippen LogP contribution < -0.4 is 16.2 Å². The molecule has 1 aromatic carbocycles. The summed E-state index contributed by atoms with van der Waals surface area (Å²) < 4.78 is 5.20. The lowest BCUT2D eigenvalue weighted by molar-refractivity contribution is -0.119. The second kappa shape index (κ2) is 5.35. The number of carbonyl (C=O) groups is 1. The lowest BCUT2D eigenvalue weighted by Gasteiger charge is -2.11. The molecule has 6 heteroatoms. The van der Waals surface area contributed by atoms with Crippen LogP contribution in [0.2, 0.25) is 5.02 Å². The highest BCUT2D eigenvalue weighted by molar-refractivity contribution is 6.31. The van der Waals surface area contributed by atoms with Crippen molar-refractivity contribution in [1.82, 2.24) is 0 Å². The summed E-state index contributed by atoms with van der Waals surface area (Å²) in [6.07, 6.45) is 0. The van der Waals surface area contributed by atoms with Crippen LogP contribution in [-0.4, -0.2) is 18.6 Å². The van der Waals surface area contributed by atoms with Crippen LogP contribution in [0.3, 0.4) is 0 Å². The number of halogens is 1.